The molecule has 1 atom stereocenters. The third kappa shape index (κ3) is 2.46. The Bertz CT molecular complexity index is 817. The van der Waals surface area contributed by atoms with Crippen LogP contribution in [-0.4, -0.2) is 37.2 Å². The number of fused-ring (bicyclic) bond motifs is 1. The van der Waals surface area contributed by atoms with E-state index in [2.05, 4.69) is 44.1 Å². The van der Waals surface area contributed by atoms with E-state index in [1.165, 1.54) is 17.4 Å². The zero-order chi connectivity index (χ0) is 14.9. The van der Waals surface area contributed by atoms with Gasteiger partial charge in [0.05, 0.1) is 5.69 Å². The number of H-pyrrole nitrogens is 1. The zero-order valence-electron chi connectivity index (χ0n) is 12.4. The molecule has 1 fully saturated rings. The number of nitrogens with one attached hydrogen (secondary N) is 1. The highest BCUT2D eigenvalue weighted by Crippen LogP contribution is 2.22. The van der Waals surface area contributed by atoms with Crippen LogP contribution in [0.2, 0.25) is 0 Å². The van der Waals surface area contributed by atoms with Crippen LogP contribution >= 0.6 is 0 Å². The first-order valence-electron chi connectivity index (χ1n) is 7.70. The molecule has 0 aromatic carbocycles. The average molecular weight is 297 g/mol. The topological polar surface area (TPSA) is 58.3 Å². The normalized spacial score (nSPS) is 19.7. The van der Waals surface area contributed by atoms with Crippen LogP contribution in [0.25, 0.3) is 5.65 Å². The first kappa shape index (κ1) is 13.3. The van der Waals surface area contributed by atoms with E-state index in [4.69, 9.17) is 0 Å². The van der Waals surface area contributed by atoms with E-state index in [1.807, 2.05) is 6.07 Å². The molecule has 1 unspecified atom stereocenters. The van der Waals surface area contributed by atoms with Gasteiger partial charge in [-0.15, -0.1) is 0 Å². The fourth-order valence-corrected chi connectivity index (χ4v) is 3.30. The number of hydrogen-bond acceptors (Lipinski definition) is 3. The van der Waals surface area contributed by atoms with Crippen molar-refractivity contribution in [2.45, 2.75) is 25.4 Å². The van der Waals surface area contributed by atoms with Gasteiger partial charge in [-0.25, -0.2) is 9.50 Å². The van der Waals surface area contributed by atoms with Gasteiger partial charge >= 0.3 is 0 Å². The molecule has 3 aromatic heterocycles. The lowest BCUT2D eigenvalue weighted by atomic mass is 10.1. The first-order chi connectivity index (χ1) is 10.8. The molecular formula is C16H19N5O. The Morgan fingerprint density at radius 3 is 3.05 bits per heavy atom. The van der Waals surface area contributed by atoms with E-state index in [0.717, 1.165) is 25.3 Å². The second-order valence-corrected chi connectivity index (χ2v) is 5.90. The first-order valence-corrected chi connectivity index (χ1v) is 7.70. The molecule has 0 radical (unpaired) electrons. The number of nitrogens with zero attached hydrogens (tertiary/aromatic N) is 4. The Kier molecular flexibility index (Phi) is 3.31. The van der Waals surface area contributed by atoms with Crippen LogP contribution in [0, 0.1) is 0 Å². The molecule has 1 saturated heterocycles. The number of hydrogen-bond donors (Lipinski definition) is 1. The van der Waals surface area contributed by atoms with Crippen LogP contribution < -0.4 is 5.56 Å². The molecule has 3 aromatic rings. The Morgan fingerprint density at radius 1 is 1.32 bits per heavy atom. The lowest BCUT2D eigenvalue weighted by Crippen LogP contribution is -2.36. The van der Waals surface area contributed by atoms with Crippen LogP contribution in [0.1, 0.15) is 24.6 Å². The van der Waals surface area contributed by atoms with Crippen LogP contribution in [0.5, 0.6) is 0 Å². The summed E-state index contributed by atoms with van der Waals surface area (Å²) in [5, 5.41) is 2.87. The summed E-state index contributed by atoms with van der Waals surface area (Å²) < 4.78 is 3.74. The van der Waals surface area contributed by atoms with Gasteiger partial charge in [-0.1, -0.05) is 0 Å². The van der Waals surface area contributed by atoms with Crippen molar-refractivity contribution in [3.63, 3.8) is 0 Å². The second-order valence-electron chi connectivity index (χ2n) is 5.90. The minimum Gasteiger partial charge on any atom is -0.350 e. The molecule has 0 bridgehead atoms. The molecule has 0 saturated carbocycles. The van der Waals surface area contributed by atoms with Gasteiger partial charge in [-0.3, -0.25) is 14.8 Å². The van der Waals surface area contributed by atoms with Gasteiger partial charge < -0.3 is 4.57 Å². The van der Waals surface area contributed by atoms with E-state index < -0.39 is 0 Å². The van der Waals surface area contributed by atoms with E-state index in [-0.39, 0.29) is 5.56 Å². The zero-order valence-corrected chi connectivity index (χ0v) is 12.4. The molecule has 1 N–H and O–H groups in total. The average Bonchev–Trinajstić information content (AvgIpc) is 3.19. The number of aromatic amines is 1. The monoisotopic (exact) mass is 297 g/mol. The van der Waals surface area contributed by atoms with Crippen molar-refractivity contribution in [2.75, 3.05) is 13.1 Å². The highest BCUT2D eigenvalue weighted by atomic mass is 16.1. The molecule has 114 valence electrons. The van der Waals surface area contributed by atoms with Crippen molar-refractivity contribution >= 4 is 5.65 Å². The Balaban J connectivity index is 1.53. The maximum atomic E-state index is 12.0. The van der Waals surface area contributed by atoms with Gasteiger partial charge in [0.2, 0.25) is 0 Å². The molecular weight excluding hydrogens is 278 g/mol. The Morgan fingerprint density at radius 2 is 2.18 bits per heavy atom. The summed E-state index contributed by atoms with van der Waals surface area (Å²) in [7, 11) is 0. The molecule has 0 spiro atoms. The quantitative estimate of drug-likeness (QED) is 0.800. The van der Waals surface area contributed by atoms with E-state index in [0.29, 0.717) is 11.7 Å². The third-order valence-electron chi connectivity index (χ3n) is 4.35. The number of rotatable bonds is 3. The second kappa shape index (κ2) is 5.46. The predicted molar refractivity (Wildman–Crippen MR) is 83.8 cm³/mol. The molecule has 22 heavy (non-hydrogen) atoms. The molecule has 1 aliphatic rings. The maximum absolute atomic E-state index is 12.0. The summed E-state index contributed by atoms with van der Waals surface area (Å²) in [6.07, 6.45) is 8.37. The van der Waals surface area contributed by atoms with Gasteiger partial charge in [0.15, 0.2) is 5.65 Å². The number of aromatic nitrogens is 4. The molecule has 1 aliphatic heterocycles. The highest BCUT2D eigenvalue weighted by molar-refractivity contribution is 5.36. The van der Waals surface area contributed by atoms with Crippen molar-refractivity contribution in [2.24, 2.45) is 0 Å². The molecule has 0 amide bonds. The van der Waals surface area contributed by atoms with Crippen LogP contribution in [0.3, 0.4) is 0 Å². The lowest BCUT2D eigenvalue weighted by Gasteiger charge is -2.33. The molecule has 4 rings (SSSR count). The predicted octanol–water partition coefficient (Wildman–Crippen LogP) is 1.66. The summed E-state index contributed by atoms with van der Waals surface area (Å²) >= 11 is 0. The lowest BCUT2D eigenvalue weighted by molar-refractivity contribution is 0.169. The van der Waals surface area contributed by atoms with Crippen molar-refractivity contribution in [1.82, 2.24) is 24.1 Å². The van der Waals surface area contributed by atoms with Crippen LogP contribution in [0.15, 0.2) is 47.7 Å². The van der Waals surface area contributed by atoms with Gasteiger partial charge in [-0.2, -0.15) is 0 Å². The standard InChI is InChI=1S/C16H19N5O/c22-16-10-13(18-15-5-6-17-21(15)16)11-19-7-3-4-14(12-19)20-8-1-2-9-20/h1-2,5-6,8-10,14,17H,3-4,7,11-12H2. The van der Waals surface area contributed by atoms with Crippen molar-refractivity contribution in [1.29, 1.82) is 0 Å². The van der Waals surface area contributed by atoms with Gasteiger partial charge in [0, 0.05) is 49.9 Å². The van der Waals surface area contributed by atoms with Gasteiger partial charge in [0.1, 0.15) is 0 Å². The van der Waals surface area contributed by atoms with Crippen molar-refractivity contribution in [3.05, 3.63) is 58.9 Å². The summed E-state index contributed by atoms with van der Waals surface area (Å²) in [6.45, 7) is 2.80. The van der Waals surface area contributed by atoms with Crippen LogP contribution in [-0.2, 0) is 6.54 Å². The van der Waals surface area contributed by atoms with Crippen LogP contribution in [0.4, 0.5) is 0 Å². The summed E-state index contributed by atoms with van der Waals surface area (Å²) in [5.74, 6) is 0. The number of likely N-dealkylation sites (tertiary alicyclic amines) is 1. The fourth-order valence-electron chi connectivity index (χ4n) is 3.30. The molecule has 6 nitrogen and oxygen atoms in total. The highest BCUT2D eigenvalue weighted by Gasteiger charge is 2.21. The van der Waals surface area contributed by atoms with E-state index in [1.54, 1.807) is 12.3 Å². The SMILES string of the molecule is O=c1cc(CN2CCCC(n3cccc3)C2)nc2cc[nH]n12. The molecule has 6 heteroatoms. The number of piperidine rings is 1. The Hall–Kier alpha value is -2.34. The van der Waals surface area contributed by atoms with Gasteiger partial charge in [0.25, 0.3) is 5.56 Å². The largest absolute Gasteiger partial charge is 0.350 e. The summed E-state index contributed by atoms with van der Waals surface area (Å²) in [4.78, 5) is 19.0. The minimum absolute atomic E-state index is 0.0519. The Labute approximate surface area is 128 Å². The van der Waals surface area contributed by atoms with E-state index in [9.17, 15) is 4.79 Å². The molecule has 4 heterocycles. The summed E-state index contributed by atoms with van der Waals surface area (Å²) in [6, 6.07) is 8.11. The maximum Gasteiger partial charge on any atom is 0.272 e. The molecule has 0 aliphatic carbocycles. The fraction of sp³-hybridized carbons (Fsp3) is 0.375. The van der Waals surface area contributed by atoms with E-state index >= 15 is 0 Å². The van der Waals surface area contributed by atoms with Crippen molar-refractivity contribution < 1.29 is 0 Å². The summed E-state index contributed by atoms with van der Waals surface area (Å²) in [5.41, 5.74) is 1.48. The third-order valence-corrected chi connectivity index (χ3v) is 4.35. The minimum atomic E-state index is -0.0519. The smallest absolute Gasteiger partial charge is 0.272 e. The van der Waals surface area contributed by atoms with Crippen molar-refractivity contribution in [3.8, 4) is 0 Å². The van der Waals surface area contributed by atoms with Gasteiger partial charge in [-0.05, 0) is 31.5 Å².